The van der Waals surface area contributed by atoms with E-state index in [1.165, 1.54) is 29.8 Å². The van der Waals surface area contributed by atoms with Crippen molar-refractivity contribution in [2.45, 2.75) is 11.1 Å². The monoisotopic (exact) mass is 326 g/mol. The van der Waals surface area contributed by atoms with E-state index in [4.69, 9.17) is 0 Å². The summed E-state index contributed by atoms with van der Waals surface area (Å²) in [5.74, 6) is -0.161. The number of pyridine rings is 1. The molecule has 0 atom stereocenters. The maximum absolute atomic E-state index is 12.5. The third kappa shape index (κ3) is 3.41. The number of nitrogens with zero attached hydrogens (tertiary/aromatic N) is 2. The molecule has 0 aliphatic carbocycles. The van der Waals surface area contributed by atoms with Gasteiger partial charge in [0.2, 0.25) is 0 Å². The quantitative estimate of drug-likeness (QED) is 0.796. The molecule has 0 aliphatic rings. The molecule has 1 amide bonds. The number of hydrogen-bond donors (Lipinski definition) is 0. The van der Waals surface area contributed by atoms with Gasteiger partial charge in [0.25, 0.3) is 5.91 Å². The zero-order chi connectivity index (χ0) is 16.3. The molecule has 22 heavy (non-hydrogen) atoms. The van der Waals surface area contributed by atoms with E-state index < -0.39 is 11.7 Å². The van der Waals surface area contributed by atoms with Crippen molar-refractivity contribution >= 4 is 23.5 Å². The van der Waals surface area contributed by atoms with Crippen molar-refractivity contribution in [1.29, 1.82) is 0 Å². The molecule has 1 heterocycles. The van der Waals surface area contributed by atoms with Crippen LogP contribution < -0.4 is 4.90 Å². The van der Waals surface area contributed by atoms with Crippen molar-refractivity contribution < 1.29 is 18.0 Å². The van der Waals surface area contributed by atoms with E-state index in [9.17, 15) is 18.0 Å². The first-order valence-electron chi connectivity index (χ1n) is 6.29. The maximum Gasteiger partial charge on any atom is 0.417 e. The number of carbonyl (C=O) groups is 1. The average molecular weight is 326 g/mol. The van der Waals surface area contributed by atoms with Gasteiger partial charge in [-0.05, 0) is 30.5 Å². The first kappa shape index (κ1) is 16.4. The number of halogens is 3. The Hall–Kier alpha value is -2.02. The van der Waals surface area contributed by atoms with Gasteiger partial charge in [0.05, 0.1) is 11.1 Å². The number of amides is 1. The summed E-state index contributed by atoms with van der Waals surface area (Å²) < 4.78 is 37.6. The molecule has 1 aromatic carbocycles. The van der Waals surface area contributed by atoms with Gasteiger partial charge in [0, 0.05) is 18.1 Å². The normalized spacial score (nSPS) is 11.3. The Bertz CT molecular complexity index is 671. The number of rotatable bonds is 3. The maximum atomic E-state index is 12.5. The lowest BCUT2D eigenvalue weighted by atomic mass is 10.2. The number of alkyl halides is 3. The summed E-state index contributed by atoms with van der Waals surface area (Å²) >= 11 is 1.43. The van der Waals surface area contributed by atoms with Crippen LogP contribution >= 0.6 is 11.8 Å². The minimum atomic E-state index is -4.44. The molecule has 1 aromatic heterocycles. The molecule has 0 fully saturated rings. The Morgan fingerprint density at radius 1 is 1.18 bits per heavy atom. The van der Waals surface area contributed by atoms with Crippen molar-refractivity contribution in [3.63, 3.8) is 0 Å². The number of anilines is 1. The number of benzene rings is 1. The Kier molecular flexibility index (Phi) is 4.75. The second-order valence-electron chi connectivity index (χ2n) is 4.47. The van der Waals surface area contributed by atoms with E-state index in [0.717, 1.165) is 17.2 Å². The minimum Gasteiger partial charge on any atom is -0.296 e. The largest absolute Gasteiger partial charge is 0.417 e. The summed E-state index contributed by atoms with van der Waals surface area (Å²) in [6.45, 7) is 0. The van der Waals surface area contributed by atoms with Gasteiger partial charge in [-0.2, -0.15) is 13.2 Å². The van der Waals surface area contributed by atoms with E-state index in [2.05, 4.69) is 4.98 Å². The molecule has 0 saturated carbocycles. The van der Waals surface area contributed by atoms with Gasteiger partial charge in [-0.3, -0.25) is 9.69 Å². The predicted octanol–water partition coefficient (Wildman–Crippen LogP) is 4.10. The molecule has 0 unspecified atom stereocenters. The molecule has 3 nitrogen and oxygen atoms in total. The van der Waals surface area contributed by atoms with Crippen LogP contribution in [0.25, 0.3) is 0 Å². The summed E-state index contributed by atoms with van der Waals surface area (Å²) in [5.41, 5.74) is -0.360. The lowest BCUT2D eigenvalue weighted by Gasteiger charge is -2.18. The highest BCUT2D eigenvalue weighted by atomic mass is 32.2. The topological polar surface area (TPSA) is 33.2 Å². The summed E-state index contributed by atoms with van der Waals surface area (Å²) in [4.78, 5) is 18.2. The van der Waals surface area contributed by atoms with Crippen LogP contribution in [-0.2, 0) is 6.18 Å². The van der Waals surface area contributed by atoms with Gasteiger partial charge < -0.3 is 0 Å². The molecule has 0 bridgehead atoms. The third-order valence-corrected chi connectivity index (χ3v) is 3.86. The zero-order valence-electron chi connectivity index (χ0n) is 11.9. The van der Waals surface area contributed by atoms with Gasteiger partial charge in [0.1, 0.15) is 5.82 Å². The Balaban J connectivity index is 2.27. The van der Waals surface area contributed by atoms with Gasteiger partial charge in [-0.25, -0.2) is 4.98 Å². The van der Waals surface area contributed by atoms with Crippen molar-refractivity contribution in [3.8, 4) is 0 Å². The van der Waals surface area contributed by atoms with Crippen molar-refractivity contribution in [2.24, 2.45) is 0 Å². The van der Waals surface area contributed by atoms with Gasteiger partial charge in [-0.1, -0.05) is 12.1 Å². The second kappa shape index (κ2) is 6.39. The average Bonchev–Trinajstić information content (AvgIpc) is 2.52. The van der Waals surface area contributed by atoms with E-state index in [0.29, 0.717) is 5.56 Å². The van der Waals surface area contributed by atoms with Crippen LogP contribution in [0.3, 0.4) is 0 Å². The summed E-state index contributed by atoms with van der Waals surface area (Å²) in [6, 6.07) is 9.13. The minimum absolute atomic E-state index is 0.161. The molecule has 2 rings (SSSR count). The number of thioether (sulfide) groups is 1. The van der Waals surface area contributed by atoms with E-state index in [1.54, 1.807) is 12.1 Å². The molecular formula is C15H13F3N2OS. The first-order valence-corrected chi connectivity index (χ1v) is 7.51. The lowest BCUT2D eigenvalue weighted by Crippen LogP contribution is -2.27. The SMILES string of the molecule is CSc1ccccc1C(=O)N(C)c1ccc(C(F)(F)F)cn1. The van der Waals surface area contributed by atoms with Crippen LogP contribution in [-0.4, -0.2) is 24.2 Å². The Morgan fingerprint density at radius 2 is 1.86 bits per heavy atom. The second-order valence-corrected chi connectivity index (χ2v) is 5.32. The first-order chi connectivity index (χ1) is 10.3. The van der Waals surface area contributed by atoms with E-state index in [1.807, 2.05) is 18.4 Å². The van der Waals surface area contributed by atoms with Crippen molar-refractivity contribution in [3.05, 3.63) is 53.7 Å². The van der Waals surface area contributed by atoms with Crippen molar-refractivity contribution in [2.75, 3.05) is 18.2 Å². The van der Waals surface area contributed by atoms with E-state index in [-0.39, 0.29) is 11.7 Å². The van der Waals surface area contributed by atoms with Crippen LogP contribution in [0.2, 0.25) is 0 Å². The molecule has 0 spiro atoms. The van der Waals surface area contributed by atoms with Gasteiger partial charge in [-0.15, -0.1) is 11.8 Å². The molecule has 0 saturated heterocycles. The van der Waals surface area contributed by atoms with E-state index >= 15 is 0 Å². The summed E-state index contributed by atoms with van der Waals surface area (Å²) in [6.07, 6.45) is -1.87. The van der Waals surface area contributed by atoms with Crippen LogP contribution in [0.5, 0.6) is 0 Å². The van der Waals surface area contributed by atoms with Crippen LogP contribution in [0.4, 0.5) is 19.0 Å². The number of aromatic nitrogens is 1. The van der Waals surface area contributed by atoms with Crippen molar-refractivity contribution in [1.82, 2.24) is 4.98 Å². The molecule has 0 N–H and O–H groups in total. The summed E-state index contributed by atoms with van der Waals surface area (Å²) in [7, 11) is 1.48. The van der Waals surface area contributed by atoms with Gasteiger partial charge >= 0.3 is 6.18 Å². The zero-order valence-corrected chi connectivity index (χ0v) is 12.7. The fraction of sp³-hybridized carbons (Fsp3) is 0.200. The number of carbonyl (C=O) groups excluding carboxylic acids is 1. The standard InChI is InChI=1S/C15H13F3N2OS/c1-20(13-8-7-10(9-19-13)15(16,17)18)14(21)11-5-3-4-6-12(11)22-2/h3-9H,1-2H3. The van der Waals surface area contributed by atoms with Crippen LogP contribution in [0.15, 0.2) is 47.5 Å². The highest BCUT2D eigenvalue weighted by Gasteiger charge is 2.31. The Morgan fingerprint density at radius 3 is 2.41 bits per heavy atom. The highest BCUT2D eigenvalue weighted by molar-refractivity contribution is 7.98. The summed E-state index contributed by atoms with van der Waals surface area (Å²) in [5, 5.41) is 0. The van der Waals surface area contributed by atoms with Crippen LogP contribution in [0.1, 0.15) is 15.9 Å². The molecular weight excluding hydrogens is 313 g/mol. The molecule has 7 heteroatoms. The highest BCUT2D eigenvalue weighted by Crippen LogP contribution is 2.29. The third-order valence-electron chi connectivity index (χ3n) is 3.06. The predicted molar refractivity (Wildman–Crippen MR) is 80.2 cm³/mol. The lowest BCUT2D eigenvalue weighted by molar-refractivity contribution is -0.137. The molecule has 116 valence electrons. The number of hydrogen-bond acceptors (Lipinski definition) is 3. The fourth-order valence-corrected chi connectivity index (χ4v) is 2.45. The smallest absolute Gasteiger partial charge is 0.296 e. The molecule has 0 radical (unpaired) electrons. The van der Waals surface area contributed by atoms with Crippen LogP contribution in [0, 0.1) is 0 Å². The fourth-order valence-electron chi connectivity index (χ4n) is 1.86. The molecule has 0 aliphatic heterocycles. The Labute approximate surface area is 130 Å². The molecule has 2 aromatic rings. The van der Waals surface area contributed by atoms with Gasteiger partial charge in [0.15, 0.2) is 0 Å².